The van der Waals surface area contributed by atoms with E-state index < -0.39 is 0 Å². The van der Waals surface area contributed by atoms with Crippen molar-refractivity contribution < 1.29 is 4.74 Å². The molecule has 90 valence electrons. The first kappa shape index (κ1) is 11.6. The Morgan fingerprint density at radius 1 is 1.69 bits per heavy atom. The van der Waals surface area contributed by atoms with Gasteiger partial charge in [-0.3, -0.25) is 0 Å². The summed E-state index contributed by atoms with van der Waals surface area (Å²) in [5, 5.41) is 3.38. The van der Waals surface area contributed by atoms with Crippen molar-refractivity contribution in [3.8, 4) is 0 Å². The van der Waals surface area contributed by atoms with Crippen molar-refractivity contribution in [3.05, 3.63) is 17.7 Å². The summed E-state index contributed by atoms with van der Waals surface area (Å²) >= 11 is 0. The summed E-state index contributed by atoms with van der Waals surface area (Å²) in [4.78, 5) is 9.66. The van der Waals surface area contributed by atoms with Crippen molar-refractivity contribution >= 4 is 0 Å². The molecule has 2 heterocycles. The van der Waals surface area contributed by atoms with Gasteiger partial charge in [0.05, 0.1) is 12.7 Å². The Hall–Kier alpha value is -0.910. The Bertz CT molecular complexity index is 326. The number of nitrogens with zero attached hydrogens (tertiary/aromatic N) is 2. The van der Waals surface area contributed by atoms with E-state index in [1.54, 1.807) is 0 Å². The maximum Gasteiger partial charge on any atom is 0.103 e. The Morgan fingerprint density at radius 3 is 3.25 bits per heavy atom. The summed E-state index contributed by atoms with van der Waals surface area (Å²) in [6, 6.07) is 0. The molecule has 0 saturated carbocycles. The van der Waals surface area contributed by atoms with Crippen LogP contribution in [0.15, 0.2) is 6.20 Å². The van der Waals surface area contributed by atoms with E-state index in [0.29, 0.717) is 6.10 Å². The van der Waals surface area contributed by atoms with Crippen LogP contribution in [0, 0.1) is 6.92 Å². The monoisotopic (exact) mass is 224 g/mol. The number of imidazole rings is 1. The Morgan fingerprint density at radius 2 is 2.56 bits per heavy atom. The molecule has 0 bridgehead atoms. The largest absolute Gasteiger partial charge is 0.374 e. The average molecular weight is 224 g/mol. The quantitative estimate of drug-likeness (QED) is 0.764. The number of aryl methyl sites for hydroxylation is 1. The van der Waals surface area contributed by atoms with E-state index in [4.69, 9.17) is 4.74 Å². The number of aromatic amines is 1. The Labute approximate surface area is 96.2 Å². The average Bonchev–Trinajstić information content (AvgIpc) is 2.64. The first-order chi connectivity index (χ1) is 7.74. The molecule has 0 amide bonds. The summed E-state index contributed by atoms with van der Waals surface area (Å²) < 4.78 is 5.66. The van der Waals surface area contributed by atoms with Crippen LogP contribution < -0.4 is 5.32 Å². The number of H-pyrrole nitrogens is 1. The highest BCUT2D eigenvalue weighted by Gasteiger charge is 2.16. The molecule has 1 aromatic heterocycles. The highest BCUT2D eigenvalue weighted by atomic mass is 16.5. The van der Waals surface area contributed by atoms with Gasteiger partial charge < -0.3 is 19.9 Å². The molecular weight excluding hydrogens is 204 g/mol. The molecule has 5 heteroatoms. The maximum atomic E-state index is 5.66. The third-order valence-corrected chi connectivity index (χ3v) is 2.78. The molecule has 1 unspecified atom stereocenters. The smallest absolute Gasteiger partial charge is 0.103 e. The second-order valence-corrected chi connectivity index (χ2v) is 4.38. The summed E-state index contributed by atoms with van der Waals surface area (Å²) in [6.07, 6.45) is 2.18. The molecule has 2 N–H and O–H groups in total. The number of nitrogens with one attached hydrogen (secondary N) is 2. The second-order valence-electron chi connectivity index (χ2n) is 4.38. The van der Waals surface area contributed by atoms with Crippen LogP contribution in [0.5, 0.6) is 0 Å². The van der Waals surface area contributed by atoms with Crippen LogP contribution >= 0.6 is 0 Å². The minimum absolute atomic E-state index is 0.308. The van der Waals surface area contributed by atoms with Crippen molar-refractivity contribution in [2.45, 2.75) is 19.6 Å². The number of hydrogen-bond acceptors (Lipinski definition) is 4. The zero-order chi connectivity index (χ0) is 11.4. The van der Waals surface area contributed by atoms with Gasteiger partial charge in [0, 0.05) is 38.1 Å². The van der Waals surface area contributed by atoms with Gasteiger partial charge in [0.2, 0.25) is 0 Å². The predicted octanol–water partition coefficient (Wildman–Crippen LogP) is 0.138. The molecule has 0 spiro atoms. The van der Waals surface area contributed by atoms with Gasteiger partial charge in [-0.25, -0.2) is 4.98 Å². The van der Waals surface area contributed by atoms with E-state index in [-0.39, 0.29) is 0 Å². The normalized spacial score (nSPS) is 22.5. The van der Waals surface area contributed by atoms with Crippen molar-refractivity contribution in [1.82, 2.24) is 20.2 Å². The summed E-state index contributed by atoms with van der Waals surface area (Å²) in [5.41, 5.74) is 1.13. The third kappa shape index (κ3) is 3.30. The Balaban J connectivity index is 1.67. The fourth-order valence-electron chi connectivity index (χ4n) is 1.92. The van der Waals surface area contributed by atoms with E-state index in [1.165, 1.54) is 0 Å². The highest BCUT2D eigenvalue weighted by molar-refractivity contribution is 4.99. The summed E-state index contributed by atoms with van der Waals surface area (Å²) in [5.74, 6) is 0.963. The molecule has 0 radical (unpaired) electrons. The topological polar surface area (TPSA) is 53.2 Å². The molecule has 0 aliphatic carbocycles. The minimum Gasteiger partial charge on any atom is -0.374 e. The summed E-state index contributed by atoms with van der Waals surface area (Å²) in [6.45, 7) is 6.56. The third-order valence-electron chi connectivity index (χ3n) is 2.78. The van der Waals surface area contributed by atoms with E-state index in [2.05, 4.69) is 27.2 Å². The van der Waals surface area contributed by atoms with Gasteiger partial charge in [0.25, 0.3) is 0 Å². The molecule has 5 nitrogen and oxygen atoms in total. The van der Waals surface area contributed by atoms with Gasteiger partial charge in [-0.1, -0.05) is 0 Å². The second kappa shape index (κ2) is 5.43. The van der Waals surface area contributed by atoms with Crippen LogP contribution in [0.25, 0.3) is 0 Å². The van der Waals surface area contributed by atoms with Crippen LogP contribution in [0.2, 0.25) is 0 Å². The maximum absolute atomic E-state index is 5.66. The first-order valence-corrected chi connectivity index (χ1v) is 5.75. The van der Waals surface area contributed by atoms with E-state index >= 15 is 0 Å². The van der Waals surface area contributed by atoms with Gasteiger partial charge in [-0.05, 0) is 14.0 Å². The van der Waals surface area contributed by atoms with Gasteiger partial charge in [0.15, 0.2) is 0 Å². The summed E-state index contributed by atoms with van der Waals surface area (Å²) in [7, 11) is 2.13. The zero-order valence-corrected chi connectivity index (χ0v) is 9.99. The van der Waals surface area contributed by atoms with Crippen LogP contribution in [0.3, 0.4) is 0 Å². The van der Waals surface area contributed by atoms with E-state index in [1.807, 2.05) is 13.1 Å². The lowest BCUT2D eigenvalue weighted by molar-refractivity contribution is -0.0182. The first-order valence-electron chi connectivity index (χ1n) is 5.75. The number of hydrogen-bond donors (Lipinski definition) is 2. The predicted molar refractivity (Wildman–Crippen MR) is 62.3 cm³/mol. The SMILES string of the molecule is Cc1ncc(CNCC2CN(C)CCO2)[nH]1. The van der Waals surface area contributed by atoms with Crippen LogP contribution in [-0.2, 0) is 11.3 Å². The fraction of sp³-hybridized carbons (Fsp3) is 0.727. The lowest BCUT2D eigenvalue weighted by Crippen LogP contribution is -2.44. The molecule has 1 fully saturated rings. The molecular formula is C11H20N4O. The molecule has 0 aromatic carbocycles. The fourth-order valence-corrected chi connectivity index (χ4v) is 1.92. The highest BCUT2D eigenvalue weighted by Crippen LogP contribution is 2.02. The van der Waals surface area contributed by atoms with Gasteiger partial charge in [-0.15, -0.1) is 0 Å². The number of ether oxygens (including phenoxy) is 1. The minimum atomic E-state index is 0.308. The standard InChI is InChI=1S/C11H20N4O/c1-9-13-6-10(14-9)5-12-7-11-8-15(2)3-4-16-11/h6,11-12H,3-5,7-8H2,1-2H3,(H,13,14). The molecule has 1 saturated heterocycles. The number of morpholine rings is 1. The van der Waals surface area contributed by atoms with Crippen molar-refractivity contribution in [2.75, 3.05) is 33.3 Å². The van der Waals surface area contributed by atoms with E-state index in [0.717, 1.165) is 44.3 Å². The Kier molecular flexibility index (Phi) is 3.93. The van der Waals surface area contributed by atoms with Gasteiger partial charge >= 0.3 is 0 Å². The number of rotatable bonds is 4. The van der Waals surface area contributed by atoms with E-state index in [9.17, 15) is 0 Å². The lowest BCUT2D eigenvalue weighted by atomic mass is 10.3. The van der Waals surface area contributed by atoms with Gasteiger partial charge in [0.1, 0.15) is 5.82 Å². The molecule has 1 aliphatic rings. The molecule has 16 heavy (non-hydrogen) atoms. The molecule has 1 atom stereocenters. The molecule has 1 aromatic rings. The van der Waals surface area contributed by atoms with Crippen LogP contribution in [0.4, 0.5) is 0 Å². The molecule has 1 aliphatic heterocycles. The van der Waals surface area contributed by atoms with Crippen molar-refractivity contribution in [3.63, 3.8) is 0 Å². The number of likely N-dealkylation sites (N-methyl/N-ethyl adjacent to an activating group) is 1. The zero-order valence-electron chi connectivity index (χ0n) is 9.99. The lowest BCUT2D eigenvalue weighted by Gasteiger charge is -2.30. The van der Waals surface area contributed by atoms with Gasteiger partial charge in [-0.2, -0.15) is 0 Å². The molecule has 2 rings (SSSR count). The van der Waals surface area contributed by atoms with Crippen molar-refractivity contribution in [2.24, 2.45) is 0 Å². The van der Waals surface area contributed by atoms with Crippen molar-refractivity contribution in [1.29, 1.82) is 0 Å². The van der Waals surface area contributed by atoms with Crippen LogP contribution in [-0.4, -0.2) is 54.3 Å². The van der Waals surface area contributed by atoms with Crippen LogP contribution in [0.1, 0.15) is 11.5 Å². The number of aromatic nitrogens is 2.